The van der Waals surface area contributed by atoms with Crippen LogP contribution in [0.1, 0.15) is 49.3 Å². The van der Waals surface area contributed by atoms with Crippen molar-refractivity contribution in [3.05, 3.63) is 57.9 Å². The number of rotatable bonds is 2. The number of halogens is 2. The van der Waals surface area contributed by atoms with Gasteiger partial charge in [0, 0.05) is 18.1 Å². The Labute approximate surface area is 191 Å². The summed E-state index contributed by atoms with van der Waals surface area (Å²) in [5.41, 5.74) is 9.80. The lowest BCUT2D eigenvalue weighted by atomic mass is 9.65. The number of nitrogens with two attached hydrogens (primary N) is 1. The van der Waals surface area contributed by atoms with Crippen molar-refractivity contribution in [2.24, 2.45) is 21.1 Å². The van der Waals surface area contributed by atoms with E-state index in [-0.39, 0.29) is 22.1 Å². The zero-order chi connectivity index (χ0) is 22.7. The summed E-state index contributed by atoms with van der Waals surface area (Å²) in [5, 5.41) is 9.23. The maximum absolute atomic E-state index is 14.1. The monoisotopic (exact) mass is 450 g/mol. The molecule has 1 fully saturated rings. The summed E-state index contributed by atoms with van der Waals surface area (Å²) in [6.45, 7) is 1.91. The fourth-order valence-electron chi connectivity index (χ4n) is 5.69. The average molecular weight is 451 g/mol. The van der Waals surface area contributed by atoms with Gasteiger partial charge in [0.25, 0.3) is 0 Å². The zero-order valence-corrected chi connectivity index (χ0v) is 18.8. The van der Waals surface area contributed by atoms with Crippen molar-refractivity contribution in [3.63, 3.8) is 0 Å². The Morgan fingerprint density at radius 3 is 2.56 bits per heavy atom. The second kappa shape index (κ2) is 7.40. The molecule has 0 saturated heterocycles. The van der Waals surface area contributed by atoms with Crippen LogP contribution in [0.25, 0.3) is 11.1 Å². The Bertz CT molecular complexity index is 1200. The molecule has 164 valence electrons. The highest BCUT2D eigenvalue weighted by Crippen LogP contribution is 2.62. The number of hydrogen-bond acceptors (Lipinski definition) is 5. The molecule has 2 spiro atoms. The lowest BCUT2D eigenvalue weighted by Gasteiger charge is -2.44. The highest BCUT2D eigenvalue weighted by Gasteiger charge is 2.60. The minimum Gasteiger partial charge on any atom is -0.382 e. The maximum atomic E-state index is 14.1. The van der Waals surface area contributed by atoms with Crippen molar-refractivity contribution < 1.29 is 9.13 Å². The number of aliphatic imine (C=N–C) groups is 2. The van der Waals surface area contributed by atoms with E-state index >= 15 is 0 Å². The van der Waals surface area contributed by atoms with Gasteiger partial charge >= 0.3 is 0 Å². The number of benzene rings is 2. The van der Waals surface area contributed by atoms with Crippen LogP contribution in [0, 0.1) is 22.6 Å². The molecule has 0 amide bonds. The van der Waals surface area contributed by atoms with E-state index in [0.29, 0.717) is 11.4 Å². The molecule has 1 unspecified atom stereocenters. The number of methoxy groups -OCH3 is 1. The van der Waals surface area contributed by atoms with Gasteiger partial charge in [-0.15, -0.1) is 0 Å². The Balaban J connectivity index is 1.66. The summed E-state index contributed by atoms with van der Waals surface area (Å²) < 4.78 is 19.7. The van der Waals surface area contributed by atoms with E-state index in [1.165, 1.54) is 11.6 Å². The lowest BCUT2D eigenvalue weighted by molar-refractivity contribution is -0.000372. The smallest absolute Gasteiger partial charge is 0.184 e. The van der Waals surface area contributed by atoms with Gasteiger partial charge in [-0.1, -0.05) is 23.7 Å². The minimum atomic E-state index is -0.757. The van der Waals surface area contributed by atoms with Crippen molar-refractivity contribution in [1.29, 1.82) is 5.26 Å². The topological polar surface area (TPSA) is 83.8 Å². The average Bonchev–Trinajstić information content (AvgIpc) is 3.23. The SMILES string of the molecule is COC1CCC2(CC1)Cc1ccc(-c3cc(Cl)c(F)c(C#N)c3)cc1C21N=C(C)C(N)=N1. The first-order valence-electron chi connectivity index (χ1n) is 10.8. The summed E-state index contributed by atoms with van der Waals surface area (Å²) in [4.78, 5) is 10.1. The minimum absolute atomic E-state index is 0.0689. The van der Waals surface area contributed by atoms with Gasteiger partial charge < -0.3 is 10.5 Å². The van der Waals surface area contributed by atoms with E-state index in [4.69, 9.17) is 32.1 Å². The van der Waals surface area contributed by atoms with Gasteiger partial charge in [0.2, 0.25) is 0 Å². The van der Waals surface area contributed by atoms with Crippen LogP contribution in [0.4, 0.5) is 4.39 Å². The molecular weight excluding hydrogens is 427 g/mol. The van der Waals surface area contributed by atoms with E-state index in [1.807, 2.05) is 19.1 Å². The van der Waals surface area contributed by atoms with Crippen LogP contribution < -0.4 is 5.73 Å². The molecule has 1 atom stereocenters. The van der Waals surface area contributed by atoms with Crippen LogP contribution in [-0.4, -0.2) is 24.8 Å². The third-order valence-corrected chi connectivity index (χ3v) is 7.72. The number of nitrogens with zero attached hydrogens (tertiary/aromatic N) is 3. The highest BCUT2D eigenvalue weighted by atomic mass is 35.5. The molecular formula is C25H24ClFN4O. The molecule has 2 aliphatic carbocycles. The molecule has 5 nitrogen and oxygen atoms in total. The van der Waals surface area contributed by atoms with Crippen LogP contribution in [0.15, 0.2) is 40.3 Å². The summed E-state index contributed by atoms with van der Waals surface area (Å²) in [6, 6.07) is 11.1. The third-order valence-electron chi connectivity index (χ3n) is 7.44. The highest BCUT2D eigenvalue weighted by molar-refractivity contribution is 6.41. The fraction of sp³-hybridized carbons (Fsp3) is 0.400. The van der Waals surface area contributed by atoms with Gasteiger partial charge in [0.1, 0.15) is 11.9 Å². The second-order valence-electron chi connectivity index (χ2n) is 9.06. The normalized spacial score (nSPS) is 28.5. The fourth-order valence-corrected chi connectivity index (χ4v) is 5.91. The molecule has 0 aromatic heterocycles. The van der Waals surface area contributed by atoms with Gasteiger partial charge in [-0.3, -0.25) is 4.99 Å². The van der Waals surface area contributed by atoms with Crippen molar-refractivity contribution in [2.45, 2.75) is 50.8 Å². The molecule has 0 radical (unpaired) electrons. The molecule has 32 heavy (non-hydrogen) atoms. The zero-order valence-electron chi connectivity index (χ0n) is 18.1. The number of amidine groups is 1. The Morgan fingerprint density at radius 1 is 1.19 bits per heavy atom. The summed E-state index contributed by atoms with van der Waals surface area (Å²) in [7, 11) is 1.77. The predicted octanol–water partition coefficient (Wildman–Crippen LogP) is 5.13. The molecule has 0 bridgehead atoms. The number of ether oxygens (including phenoxy) is 1. The standard InChI is InChI=1S/C25H24ClFN4O/c1-14-23(29)31-25(30-14)20-10-15(17-9-18(13-28)22(27)21(26)11-17)3-4-16(20)12-24(25)7-5-19(32-2)6-8-24/h3-4,9-11,19H,5-8,12H2,1-2H3,(H2,29,31). The Morgan fingerprint density at radius 2 is 1.94 bits per heavy atom. The van der Waals surface area contributed by atoms with E-state index in [9.17, 15) is 9.65 Å². The molecule has 1 saturated carbocycles. The van der Waals surface area contributed by atoms with Crippen molar-refractivity contribution in [2.75, 3.05) is 7.11 Å². The first-order valence-corrected chi connectivity index (χ1v) is 11.2. The first kappa shape index (κ1) is 21.1. The lowest BCUT2D eigenvalue weighted by Crippen LogP contribution is -2.43. The Kier molecular flexibility index (Phi) is 4.88. The quantitative estimate of drug-likeness (QED) is 0.688. The molecule has 3 aliphatic rings. The maximum Gasteiger partial charge on any atom is 0.184 e. The summed E-state index contributed by atoms with van der Waals surface area (Å²) in [5.74, 6) is -0.217. The molecule has 5 rings (SSSR count). The predicted molar refractivity (Wildman–Crippen MR) is 123 cm³/mol. The van der Waals surface area contributed by atoms with Crippen LogP contribution in [0.5, 0.6) is 0 Å². The Hall–Kier alpha value is -2.75. The van der Waals surface area contributed by atoms with Crippen molar-refractivity contribution in [1.82, 2.24) is 0 Å². The van der Waals surface area contributed by atoms with Crippen LogP contribution in [0.2, 0.25) is 5.02 Å². The molecule has 2 aromatic rings. The molecule has 2 N–H and O–H groups in total. The number of hydrogen-bond donors (Lipinski definition) is 1. The summed E-state index contributed by atoms with van der Waals surface area (Å²) >= 11 is 6.07. The van der Waals surface area contributed by atoms with E-state index in [0.717, 1.165) is 48.9 Å². The van der Waals surface area contributed by atoms with Crippen molar-refractivity contribution >= 4 is 23.1 Å². The van der Waals surface area contributed by atoms with Gasteiger partial charge in [-0.05, 0) is 73.9 Å². The van der Waals surface area contributed by atoms with Gasteiger partial charge in [-0.2, -0.15) is 5.26 Å². The van der Waals surface area contributed by atoms with Crippen molar-refractivity contribution in [3.8, 4) is 17.2 Å². The first-order chi connectivity index (χ1) is 15.3. The van der Waals surface area contributed by atoms with E-state index in [2.05, 4.69) is 12.1 Å². The van der Waals surface area contributed by atoms with E-state index in [1.54, 1.807) is 13.2 Å². The van der Waals surface area contributed by atoms with Gasteiger partial charge in [0.05, 0.1) is 22.4 Å². The van der Waals surface area contributed by atoms with Gasteiger partial charge in [-0.25, -0.2) is 9.38 Å². The number of nitriles is 1. The van der Waals surface area contributed by atoms with E-state index < -0.39 is 11.5 Å². The van der Waals surface area contributed by atoms with Crippen LogP contribution >= 0.6 is 11.6 Å². The third kappa shape index (κ3) is 2.92. The van der Waals surface area contributed by atoms with Crippen LogP contribution in [-0.2, 0) is 16.8 Å². The molecule has 1 aliphatic heterocycles. The summed E-state index contributed by atoms with van der Waals surface area (Å²) in [6.07, 6.45) is 4.95. The number of fused-ring (bicyclic) bond motifs is 3. The molecule has 7 heteroatoms. The largest absolute Gasteiger partial charge is 0.382 e. The van der Waals surface area contributed by atoms with Crippen LogP contribution in [0.3, 0.4) is 0 Å². The second-order valence-corrected chi connectivity index (χ2v) is 9.47. The molecule has 1 heterocycles. The molecule has 2 aromatic carbocycles. The van der Waals surface area contributed by atoms with Gasteiger partial charge in [0.15, 0.2) is 11.5 Å².